The topological polar surface area (TPSA) is 38.1 Å². The first kappa shape index (κ1) is 10.2. The zero-order valence-corrected chi connectivity index (χ0v) is 9.74. The van der Waals surface area contributed by atoms with Gasteiger partial charge in [0.05, 0.1) is 24.0 Å². The molecule has 0 saturated heterocycles. The van der Waals surface area contributed by atoms with E-state index in [1.54, 1.807) is 6.92 Å². The van der Waals surface area contributed by atoms with E-state index in [0.717, 1.165) is 0 Å². The monoisotopic (exact) mass is 207 g/mol. The smallest absolute Gasteiger partial charge is 0.220 e. The van der Waals surface area contributed by atoms with E-state index in [1.807, 2.05) is 15.8 Å². The Hall–Kier alpha value is -1.32. The SMILES string of the molecule is CC(=O)N1Cc2cnn(C(C)(C)C)c2C1. The number of amides is 1. The number of aromatic nitrogens is 2. The zero-order chi connectivity index (χ0) is 11.2. The Balaban J connectivity index is 2.33. The molecule has 0 bridgehead atoms. The summed E-state index contributed by atoms with van der Waals surface area (Å²) in [6, 6.07) is 0. The van der Waals surface area contributed by atoms with Crippen molar-refractivity contribution in [2.45, 2.75) is 46.3 Å². The molecule has 0 unspecified atom stereocenters. The van der Waals surface area contributed by atoms with Gasteiger partial charge in [0.1, 0.15) is 0 Å². The lowest BCUT2D eigenvalue weighted by molar-refractivity contribution is -0.129. The summed E-state index contributed by atoms with van der Waals surface area (Å²) in [5.74, 6) is 0.131. The van der Waals surface area contributed by atoms with Crippen molar-refractivity contribution in [3.63, 3.8) is 0 Å². The van der Waals surface area contributed by atoms with Gasteiger partial charge in [0.2, 0.25) is 5.91 Å². The molecule has 4 heteroatoms. The average molecular weight is 207 g/mol. The number of rotatable bonds is 0. The van der Waals surface area contributed by atoms with Crippen molar-refractivity contribution < 1.29 is 4.79 Å². The Labute approximate surface area is 89.9 Å². The van der Waals surface area contributed by atoms with Crippen molar-refractivity contribution in [2.75, 3.05) is 0 Å². The summed E-state index contributed by atoms with van der Waals surface area (Å²) < 4.78 is 2.02. The fourth-order valence-electron chi connectivity index (χ4n) is 1.95. The van der Waals surface area contributed by atoms with Crippen LogP contribution in [0.1, 0.15) is 39.0 Å². The van der Waals surface area contributed by atoms with Gasteiger partial charge in [-0.25, -0.2) is 0 Å². The molecule has 2 heterocycles. The molecule has 0 fully saturated rings. The van der Waals surface area contributed by atoms with Crippen molar-refractivity contribution in [1.29, 1.82) is 0 Å². The predicted molar refractivity (Wildman–Crippen MR) is 57.2 cm³/mol. The highest BCUT2D eigenvalue weighted by Crippen LogP contribution is 2.26. The van der Waals surface area contributed by atoms with Crippen LogP contribution in [0.4, 0.5) is 0 Å². The van der Waals surface area contributed by atoms with Gasteiger partial charge in [0.15, 0.2) is 0 Å². The van der Waals surface area contributed by atoms with Gasteiger partial charge < -0.3 is 4.90 Å². The van der Waals surface area contributed by atoms with Crippen molar-refractivity contribution in [3.05, 3.63) is 17.5 Å². The minimum atomic E-state index is -0.0135. The molecule has 0 aliphatic carbocycles. The highest BCUT2D eigenvalue weighted by Gasteiger charge is 2.28. The largest absolute Gasteiger partial charge is 0.333 e. The summed E-state index contributed by atoms with van der Waals surface area (Å²) >= 11 is 0. The van der Waals surface area contributed by atoms with E-state index in [9.17, 15) is 4.79 Å². The lowest BCUT2D eigenvalue weighted by Gasteiger charge is -2.22. The fourth-order valence-corrected chi connectivity index (χ4v) is 1.95. The second-order valence-electron chi connectivity index (χ2n) is 5.07. The summed E-state index contributed by atoms with van der Waals surface area (Å²) in [6.07, 6.45) is 1.88. The second-order valence-corrected chi connectivity index (χ2v) is 5.07. The van der Waals surface area contributed by atoms with Gasteiger partial charge in [-0.2, -0.15) is 5.10 Å². The second kappa shape index (κ2) is 3.08. The molecule has 0 atom stereocenters. The predicted octanol–water partition coefficient (Wildman–Crippen LogP) is 1.50. The molecule has 1 aromatic heterocycles. The number of carbonyl (C=O) groups is 1. The third kappa shape index (κ3) is 1.64. The number of hydrogen-bond donors (Lipinski definition) is 0. The van der Waals surface area contributed by atoms with Gasteiger partial charge in [-0.15, -0.1) is 0 Å². The molecule has 15 heavy (non-hydrogen) atoms. The fraction of sp³-hybridized carbons (Fsp3) is 0.636. The molecule has 0 spiro atoms. The van der Waals surface area contributed by atoms with E-state index in [2.05, 4.69) is 25.9 Å². The third-order valence-electron chi connectivity index (χ3n) is 2.74. The van der Waals surface area contributed by atoms with Crippen molar-refractivity contribution >= 4 is 5.91 Å². The zero-order valence-electron chi connectivity index (χ0n) is 9.74. The van der Waals surface area contributed by atoms with Crippen LogP contribution in [0.25, 0.3) is 0 Å². The van der Waals surface area contributed by atoms with E-state index in [1.165, 1.54) is 11.3 Å². The van der Waals surface area contributed by atoms with E-state index < -0.39 is 0 Å². The number of hydrogen-bond acceptors (Lipinski definition) is 2. The molecule has 1 aromatic rings. The van der Waals surface area contributed by atoms with Gasteiger partial charge in [0.25, 0.3) is 0 Å². The van der Waals surface area contributed by atoms with Gasteiger partial charge in [-0.05, 0) is 20.8 Å². The highest BCUT2D eigenvalue weighted by atomic mass is 16.2. The van der Waals surface area contributed by atoms with Crippen LogP contribution < -0.4 is 0 Å². The third-order valence-corrected chi connectivity index (χ3v) is 2.74. The summed E-state index contributed by atoms with van der Waals surface area (Å²) in [7, 11) is 0. The van der Waals surface area contributed by atoms with Crippen LogP contribution in [0.2, 0.25) is 0 Å². The van der Waals surface area contributed by atoms with Crippen molar-refractivity contribution in [1.82, 2.24) is 14.7 Å². The van der Waals surface area contributed by atoms with Gasteiger partial charge in [-0.1, -0.05) is 0 Å². The van der Waals surface area contributed by atoms with Crippen LogP contribution in [-0.2, 0) is 23.4 Å². The molecule has 1 aliphatic heterocycles. The van der Waals surface area contributed by atoms with E-state index >= 15 is 0 Å². The lowest BCUT2D eigenvalue weighted by atomic mass is 10.1. The Morgan fingerprint density at radius 2 is 2.07 bits per heavy atom. The summed E-state index contributed by atoms with van der Waals surface area (Å²) in [5.41, 5.74) is 2.35. The van der Waals surface area contributed by atoms with Crippen LogP contribution in [0.15, 0.2) is 6.20 Å². The van der Waals surface area contributed by atoms with Crippen LogP contribution in [0.5, 0.6) is 0 Å². The first-order chi connectivity index (χ1) is 6.89. The minimum absolute atomic E-state index is 0.0135. The maximum absolute atomic E-state index is 11.3. The quantitative estimate of drug-likeness (QED) is 0.646. The Bertz CT molecular complexity index is 400. The maximum atomic E-state index is 11.3. The van der Waals surface area contributed by atoms with E-state index in [0.29, 0.717) is 13.1 Å². The van der Waals surface area contributed by atoms with Crippen LogP contribution >= 0.6 is 0 Å². The molecular formula is C11H17N3O. The van der Waals surface area contributed by atoms with Gasteiger partial charge in [-0.3, -0.25) is 9.48 Å². The molecule has 2 rings (SSSR count). The summed E-state index contributed by atoms with van der Waals surface area (Å²) in [5, 5.41) is 4.38. The molecule has 4 nitrogen and oxygen atoms in total. The Kier molecular flexibility index (Phi) is 2.10. The number of nitrogens with zero attached hydrogens (tertiary/aromatic N) is 3. The first-order valence-electron chi connectivity index (χ1n) is 5.21. The Morgan fingerprint density at radius 1 is 1.40 bits per heavy atom. The van der Waals surface area contributed by atoms with Gasteiger partial charge >= 0.3 is 0 Å². The molecular weight excluding hydrogens is 190 g/mol. The van der Waals surface area contributed by atoms with Crippen LogP contribution in [0.3, 0.4) is 0 Å². The van der Waals surface area contributed by atoms with Crippen molar-refractivity contribution in [3.8, 4) is 0 Å². The minimum Gasteiger partial charge on any atom is -0.333 e. The van der Waals surface area contributed by atoms with E-state index in [-0.39, 0.29) is 11.4 Å². The van der Waals surface area contributed by atoms with Crippen LogP contribution in [-0.4, -0.2) is 20.6 Å². The Morgan fingerprint density at radius 3 is 2.60 bits per heavy atom. The lowest BCUT2D eigenvalue weighted by Crippen LogP contribution is -2.28. The average Bonchev–Trinajstić information content (AvgIpc) is 2.56. The molecule has 0 saturated carbocycles. The molecule has 1 amide bonds. The van der Waals surface area contributed by atoms with Crippen LogP contribution in [0, 0.1) is 0 Å². The number of carbonyl (C=O) groups excluding carboxylic acids is 1. The first-order valence-corrected chi connectivity index (χ1v) is 5.21. The summed E-state index contributed by atoms with van der Waals surface area (Å²) in [4.78, 5) is 13.1. The highest BCUT2D eigenvalue weighted by molar-refractivity contribution is 5.73. The van der Waals surface area contributed by atoms with Gasteiger partial charge in [0, 0.05) is 19.0 Å². The van der Waals surface area contributed by atoms with E-state index in [4.69, 9.17) is 0 Å². The molecule has 0 aromatic carbocycles. The molecule has 82 valence electrons. The maximum Gasteiger partial charge on any atom is 0.220 e. The molecule has 0 N–H and O–H groups in total. The number of fused-ring (bicyclic) bond motifs is 1. The molecule has 1 aliphatic rings. The summed E-state index contributed by atoms with van der Waals surface area (Å²) in [6.45, 7) is 9.38. The molecule has 0 radical (unpaired) electrons. The van der Waals surface area contributed by atoms with Crippen molar-refractivity contribution in [2.24, 2.45) is 0 Å². The standard InChI is InChI=1S/C11H17N3O/c1-8(15)13-6-9-5-12-14(10(9)7-13)11(2,3)4/h5H,6-7H2,1-4H3. The normalized spacial score (nSPS) is 15.6.